The highest BCUT2D eigenvalue weighted by Gasteiger charge is 2.22. The molecule has 114 valence electrons. The van der Waals surface area contributed by atoms with Crippen LogP contribution in [0.2, 0.25) is 0 Å². The van der Waals surface area contributed by atoms with Gasteiger partial charge in [-0.25, -0.2) is 4.79 Å². The Morgan fingerprint density at radius 3 is 2.86 bits per heavy atom. The van der Waals surface area contributed by atoms with Gasteiger partial charge in [0, 0.05) is 13.1 Å². The monoisotopic (exact) mass is 291 g/mol. The third-order valence-corrected chi connectivity index (χ3v) is 3.73. The molecule has 1 saturated heterocycles. The summed E-state index contributed by atoms with van der Waals surface area (Å²) >= 11 is 0. The number of hydrogen-bond acceptors (Lipinski definition) is 3. The maximum atomic E-state index is 12.1. The second kappa shape index (κ2) is 6.61. The van der Waals surface area contributed by atoms with Crippen LogP contribution in [0.1, 0.15) is 35.7 Å². The van der Waals surface area contributed by atoms with E-state index in [0.29, 0.717) is 5.92 Å². The van der Waals surface area contributed by atoms with Crippen molar-refractivity contribution in [1.82, 2.24) is 4.90 Å². The van der Waals surface area contributed by atoms with E-state index in [0.717, 1.165) is 31.5 Å². The second-order valence-corrected chi connectivity index (χ2v) is 5.68. The van der Waals surface area contributed by atoms with Gasteiger partial charge in [-0.05, 0) is 43.4 Å². The van der Waals surface area contributed by atoms with E-state index in [9.17, 15) is 9.59 Å². The molecule has 1 N–H and O–H groups in total. The number of nitrogens with zero attached hydrogens (tertiary/aromatic N) is 1. The van der Waals surface area contributed by atoms with Gasteiger partial charge in [0.2, 0.25) is 0 Å². The standard InChI is InChI=1S/C16H21NO4/c1-11-5-6-13(16(19)20)14(8-11)21-10-15(18)17-7-3-4-12(2)9-17/h5-6,8,12H,3-4,7,9-10H2,1-2H3,(H,19,20). The molecule has 1 atom stereocenters. The lowest BCUT2D eigenvalue weighted by Gasteiger charge is -2.30. The second-order valence-electron chi connectivity index (χ2n) is 5.68. The van der Waals surface area contributed by atoms with E-state index < -0.39 is 5.97 Å². The van der Waals surface area contributed by atoms with Crippen molar-refractivity contribution in [2.75, 3.05) is 19.7 Å². The number of carboxylic acid groups (broad SMARTS) is 1. The van der Waals surface area contributed by atoms with Gasteiger partial charge >= 0.3 is 5.97 Å². The topological polar surface area (TPSA) is 66.8 Å². The molecule has 1 aromatic rings. The van der Waals surface area contributed by atoms with Crippen molar-refractivity contribution in [2.24, 2.45) is 5.92 Å². The zero-order valence-electron chi connectivity index (χ0n) is 12.5. The maximum Gasteiger partial charge on any atom is 0.339 e. The zero-order chi connectivity index (χ0) is 15.4. The molecule has 1 aromatic carbocycles. The van der Waals surface area contributed by atoms with Crippen LogP contribution in [0.4, 0.5) is 0 Å². The summed E-state index contributed by atoms with van der Waals surface area (Å²) in [5.41, 5.74) is 0.981. The number of piperidine rings is 1. The number of ether oxygens (including phenoxy) is 1. The average Bonchev–Trinajstić information content (AvgIpc) is 2.44. The number of carbonyl (C=O) groups is 2. The van der Waals surface area contributed by atoms with E-state index in [4.69, 9.17) is 9.84 Å². The van der Waals surface area contributed by atoms with E-state index >= 15 is 0 Å². The molecule has 1 aliphatic rings. The van der Waals surface area contributed by atoms with E-state index in [1.54, 1.807) is 17.0 Å². The van der Waals surface area contributed by atoms with Crippen LogP contribution in [-0.4, -0.2) is 41.6 Å². The lowest BCUT2D eigenvalue weighted by molar-refractivity contribution is -0.135. The molecule has 5 heteroatoms. The SMILES string of the molecule is Cc1ccc(C(=O)O)c(OCC(=O)N2CCCC(C)C2)c1. The maximum absolute atomic E-state index is 12.1. The highest BCUT2D eigenvalue weighted by Crippen LogP contribution is 2.21. The highest BCUT2D eigenvalue weighted by atomic mass is 16.5. The van der Waals surface area contributed by atoms with Crippen molar-refractivity contribution in [2.45, 2.75) is 26.7 Å². The smallest absolute Gasteiger partial charge is 0.339 e. The van der Waals surface area contributed by atoms with Gasteiger partial charge in [0.15, 0.2) is 6.61 Å². The van der Waals surface area contributed by atoms with E-state index in [1.807, 2.05) is 6.92 Å². The number of rotatable bonds is 4. The quantitative estimate of drug-likeness (QED) is 0.924. The Hall–Kier alpha value is -2.04. The number of amides is 1. The molecule has 1 aliphatic heterocycles. The minimum atomic E-state index is -1.05. The van der Waals surface area contributed by atoms with Gasteiger partial charge in [0.05, 0.1) is 0 Å². The first-order valence-corrected chi connectivity index (χ1v) is 7.22. The van der Waals surface area contributed by atoms with Crippen molar-refractivity contribution < 1.29 is 19.4 Å². The van der Waals surface area contributed by atoms with Crippen molar-refractivity contribution in [1.29, 1.82) is 0 Å². The van der Waals surface area contributed by atoms with Gasteiger partial charge in [-0.15, -0.1) is 0 Å². The Morgan fingerprint density at radius 2 is 2.19 bits per heavy atom. The van der Waals surface area contributed by atoms with Crippen molar-refractivity contribution in [3.63, 3.8) is 0 Å². The average molecular weight is 291 g/mol. The largest absolute Gasteiger partial charge is 0.483 e. The summed E-state index contributed by atoms with van der Waals surface area (Å²) in [6, 6.07) is 4.86. The van der Waals surface area contributed by atoms with Crippen LogP contribution in [0, 0.1) is 12.8 Å². The number of aromatic carboxylic acids is 1. The normalized spacial score (nSPS) is 18.4. The lowest BCUT2D eigenvalue weighted by Crippen LogP contribution is -2.41. The summed E-state index contributed by atoms with van der Waals surface area (Å²) in [6.45, 7) is 5.38. The van der Waals surface area contributed by atoms with E-state index in [2.05, 4.69) is 6.92 Å². The molecule has 2 rings (SSSR count). The van der Waals surface area contributed by atoms with Gasteiger partial charge in [-0.1, -0.05) is 13.0 Å². The minimum absolute atomic E-state index is 0.0837. The highest BCUT2D eigenvalue weighted by molar-refractivity contribution is 5.91. The summed E-state index contributed by atoms with van der Waals surface area (Å²) in [5.74, 6) is -0.374. The molecular formula is C16H21NO4. The zero-order valence-corrected chi connectivity index (χ0v) is 12.5. The molecule has 0 bridgehead atoms. The van der Waals surface area contributed by atoms with Gasteiger partial charge < -0.3 is 14.7 Å². The number of likely N-dealkylation sites (tertiary alicyclic amines) is 1. The Bertz CT molecular complexity index is 541. The number of carbonyl (C=O) groups excluding carboxylic acids is 1. The summed E-state index contributed by atoms with van der Waals surface area (Å²) in [6.07, 6.45) is 2.16. The number of benzene rings is 1. The van der Waals surface area contributed by atoms with Crippen molar-refractivity contribution >= 4 is 11.9 Å². The molecule has 1 fully saturated rings. The van der Waals surface area contributed by atoms with Gasteiger partial charge in [-0.2, -0.15) is 0 Å². The molecule has 0 radical (unpaired) electrons. The Morgan fingerprint density at radius 1 is 1.43 bits per heavy atom. The summed E-state index contributed by atoms with van der Waals surface area (Å²) in [5, 5.41) is 9.13. The fourth-order valence-corrected chi connectivity index (χ4v) is 2.57. The van der Waals surface area contributed by atoms with Crippen LogP contribution in [-0.2, 0) is 4.79 Å². The molecule has 0 aromatic heterocycles. The van der Waals surface area contributed by atoms with Gasteiger partial charge in [0.25, 0.3) is 5.91 Å². The summed E-state index contributed by atoms with van der Waals surface area (Å²) in [7, 11) is 0. The molecule has 21 heavy (non-hydrogen) atoms. The third-order valence-electron chi connectivity index (χ3n) is 3.73. The summed E-state index contributed by atoms with van der Waals surface area (Å²) < 4.78 is 5.46. The molecule has 5 nitrogen and oxygen atoms in total. The molecule has 1 amide bonds. The Balaban J connectivity index is 2.00. The minimum Gasteiger partial charge on any atom is -0.483 e. The van der Waals surface area contributed by atoms with Crippen LogP contribution in [0.25, 0.3) is 0 Å². The van der Waals surface area contributed by atoms with Crippen LogP contribution >= 0.6 is 0 Å². The lowest BCUT2D eigenvalue weighted by atomic mass is 10.0. The Kier molecular flexibility index (Phi) is 4.83. The van der Waals surface area contributed by atoms with E-state index in [-0.39, 0.29) is 23.8 Å². The van der Waals surface area contributed by atoms with Crippen LogP contribution < -0.4 is 4.74 Å². The van der Waals surface area contributed by atoms with Crippen LogP contribution in [0.5, 0.6) is 5.75 Å². The molecule has 0 saturated carbocycles. The molecular weight excluding hydrogens is 270 g/mol. The number of aryl methyl sites for hydroxylation is 1. The van der Waals surface area contributed by atoms with Crippen molar-refractivity contribution in [3.05, 3.63) is 29.3 Å². The van der Waals surface area contributed by atoms with E-state index in [1.165, 1.54) is 6.07 Å². The molecule has 1 heterocycles. The molecule has 0 aliphatic carbocycles. The first-order chi connectivity index (χ1) is 9.97. The van der Waals surface area contributed by atoms with Crippen molar-refractivity contribution in [3.8, 4) is 5.75 Å². The predicted octanol–water partition coefficient (Wildman–Crippen LogP) is 2.33. The van der Waals surface area contributed by atoms with Crippen LogP contribution in [0.3, 0.4) is 0 Å². The third kappa shape index (κ3) is 3.97. The first kappa shape index (κ1) is 15.4. The van der Waals surface area contributed by atoms with Crippen LogP contribution in [0.15, 0.2) is 18.2 Å². The fraction of sp³-hybridized carbons (Fsp3) is 0.500. The molecule has 0 spiro atoms. The van der Waals surface area contributed by atoms with Gasteiger partial charge in [0.1, 0.15) is 11.3 Å². The van der Waals surface area contributed by atoms with Gasteiger partial charge in [-0.3, -0.25) is 4.79 Å². The number of hydrogen-bond donors (Lipinski definition) is 1. The fourth-order valence-electron chi connectivity index (χ4n) is 2.57. The first-order valence-electron chi connectivity index (χ1n) is 7.22. The summed E-state index contributed by atoms with van der Waals surface area (Å²) in [4.78, 5) is 25.1. The Labute approximate surface area is 124 Å². The molecule has 1 unspecified atom stereocenters. The number of carboxylic acids is 1. The predicted molar refractivity (Wildman–Crippen MR) is 78.6 cm³/mol.